The van der Waals surface area contributed by atoms with Gasteiger partial charge < -0.3 is 15.0 Å². The Hall–Kier alpha value is -1.30. The second-order valence-electron chi connectivity index (χ2n) is 4.32. The van der Waals surface area contributed by atoms with Crippen molar-refractivity contribution in [3.63, 3.8) is 0 Å². The first-order valence-electron chi connectivity index (χ1n) is 6.18. The molecule has 0 aliphatic rings. The summed E-state index contributed by atoms with van der Waals surface area (Å²) in [6.45, 7) is 2.06. The van der Waals surface area contributed by atoms with Crippen LogP contribution in [-0.2, 0) is 4.74 Å². The van der Waals surface area contributed by atoms with Crippen molar-refractivity contribution in [1.29, 1.82) is 0 Å². The predicted octanol–water partition coefficient (Wildman–Crippen LogP) is 4.11. The topological polar surface area (TPSA) is 74.2 Å². The zero-order valence-electron chi connectivity index (χ0n) is 11.2. The van der Waals surface area contributed by atoms with E-state index in [1.807, 2.05) is 0 Å². The molecule has 1 unspecified atom stereocenters. The van der Waals surface area contributed by atoms with Gasteiger partial charge in [0, 0.05) is 12.1 Å². The van der Waals surface area contributed by atoms with Gasteiger partial charge >= 0.3 is 0 Å². The number of nitrogens with zero attached hydrogens (tertiary/aromatic N) is 2. The Morgan fingerprint density at radius 2 is 2.15 bits per heavy atom. The van der Waals surface area contributed by atoms with Crippen molar-refractivity contribution in [3.8, 4) is 11.5 Å². The van der Waals surface area contributed by atoms with Gasteiger partial charge in [0.25, 0.3) is 5.89 Å². The monoisotopic (exact) mass is 315 g/mol. The van der Waals surface area contributed by atoms with Gasteiger partial charge in [-0.05, 0) is 18.6 Å². The second kappa shape index (κ2) is 6.43. The zero-order chi connectivity index (χ0) is 14.7. The van der Waals surface area contributed by atoms with Gasteiger partial charge in [-0.15, -0.1) is 0 Å². The molecular weight excluding hydrogens is 301 g/mol. The molecule has 0 fully saturated rings. The van der Waals surface area contributed by atoms with Crippen LogP contribution in [-0.4, -0.2) is 17.3 Å². The van der Waals surface area contributed by atoms with Crippen LogP contribution in [0.4, 0.5) is 5.69 Å². The molecule has 0 radical (unpaired) electrons. The fourth-order valence-electron chi connectivity index (χ4n) is 1.85. The van der Waals surface area contributed by atoms with Gasteiger partial charge in [-0.1, -0.05) is 41.7 Å². The van der Waals surface area contributed by atoms with E-state index in [2.05, 4.69) is 17.1 Å². The largest absolute Gasteiger partial charge is 0.397 e. The molecule has 1 aromatic heterocycles. The Kier molecular flexibility index (Phi) is 4.86. The average Bonchev–Trinajstić information content (AvgIpc) is 2.89. The maximum atomic E-state index is 5.99. The smallest absolute Gasteiger partial charge is 0.260 e. The maximum absolute atomic E-state index is 5.99. The Bertz CT molecular complexity index is 601. The molecule has 0 saturated carbocycles. The van der Waals surface area contributed by atoms with Gasteiger partial charge in [-0.3, -0.25) is 0 Å². The lowest BCUT2D eigenvalue weighted by atomic mass is 10.1. The van der Waals surface area contributed by atoms with Crippen molar-refractivity contribution < 1.29 is 9.26 Å². The number of nitrogen functional groups attached to an aromatic ring is 1. The van der Waals surface area contributed by atoms with Crippen LogP contribution in [0.2, 0.25) is 10.0 Å². The minimum atomic E-state index is -0.201. The third kappa shape index (κ3) is 3.06. The van der Waals surface area contributed by atoms with Crippen LogP contribution in [0, 0.1) is 0 Å². The maximum Gasteiger partial charge on any atom is 0.260 e. The minimum absolute atomic E-state index is 0.201. The van der Waals surface area contributed by atoms with E-state index in [1.165, 1.54) is 0 Å². The van der Waals surface area contributed by atoms with Crippen LogP contribution in [0.1, 0.15) is 31.7 Å². The van der Waals surface area contributed by atoms with Gasteiger partial charge in [-0.25, -0.2) is 0 Å². The predicted molar refractivity (Wildman–Crippen MR) is 78.8 cm³/mol. The number of methoxy groups -OCH3 is 1. The molecule has 2 N–H and O–H groups in total. The van der Waals surface area contributed by atoms with Gasteiger partial charge in [0.2, 0.25) is 5.82 Å². The normalized spacial score (nSPS) is 12.6. The van der Waals surface area contributed by atoms with E-state index in [4.69, 9.17) is 38.2 Å². The highest BCUT2D eigenvalue weighted by Crippen LogP contribution is 2.34. The zero-order valence-corrected chi connectivity index (χ0v) is 12.7. The molecule has 0 bridgehead atoms. The SMILES string of the molecule is CCCC(OC)c1noc(-c2cc(Cl)cc(Cl)c2N)n1. The van der Waals surface area contributed by atoms with Crippen LogP contribution < -0.4 is 5.73 Å². The number of halogens is 2. The molecule has 1 atom stereocenters. The van der Waals surface area contributed by atoms with Crippen LogP contribution >= 0.6 is 23.2 Å². The fourth-order valence-corrected chi connectivity index (χ4v) is 2.34. The first-order valence-corrected chi connectivity index (χ1v) is 6.93. The van der Waals surface area contributed by atoms with Crippen LogP contribution in [0.5, 0.6) is 0 Å². The van der Waals surface area contributed by atoms with E-state index in [0.29, 0.717) is 27.1 Å². The highest BCUT2D eigenvalue weighted by Gasteiger charge is 2.20. The fraction of sp³-hybridized carbons (Fsp3) is 0.385. The lowest BCUT2D eigenvalue weighted by molar-refractivity contribution is 0.0854. The summed E-state index contributed by atoms with van der Waals surface area (Å²) >= 11 is 12.0. The number of ether oxygens (including phenoxy) is 1. The lowest BCUT2D eigenvalue weighted by Gasteiger charge is -2.08. The Labute approximate surface area is 127 Å². The van der Waals surface area contributed by atoms with Crippen LogP contribution in [0.25, 0.3) is 11.5 Å². The molecule has 1 aromatic carbocycles. The average molecular weight is 316 g/mol. The molecule has 1 heterocycles. The molecule has 0 aliphatic heterocycles. The van der Waals surface area contributed by atoms with E-state index in [9.17, 15) is 0 Å². The molecule has 20 heavy (non-hydrogen) atoms. The number of nitrogens with two attached hydrogens (primary N) is 1. The molecule has 2 aromatic rings. The van der Waals surface area contributed by atoms with Crippen molar-refractivity contribution in [2.75, 3.05) is 12.8 Å². The second-order valence-corrected chi connectivity index (χ2v) is 5.16. The molecule has 108 valence electrons. The Balaban J connectivity index is 2.38. The van der Waals surface area contributed by atoms with Gasteiger partial charge in [0.1, 0.15) is 6.10 Å². The minimum Gasteiger partial charge on any atom is -0.397 e. The number of aromatic nitrogens is 2. The quantitative estimate of drug-likeness (QED) is 0.840. The summed E-state index contributed by atoms with van der Waals surface area (Å²) in [5.41, 5.74) is 6.79. The molecule has 2 rings (SSSR count). The standard InChI is InChI=1S/C13H15Cl2N3O2/c1-3-4-10(19-2)12-17-13(20-18-12)8-5-7(14)6-9(15)11(8)16/h5-6,10H,3-4,16H2,1-2H3. The molecular formula is C13H15Cl2N3O2. The number of benzene rings is 1. The van der Waals surface area contributed by atoms with E-state index in [0.717, 1.165) is 12.8 Å². The van der Waals surface area contributed by atoms with Gasteiger partial charge in [0.05, 0.1) is 16.3 Å². The van der Waals surface area contributed by atoms with E-state index in [-0.39, 0.29) is 12.0 Å². The molecule has 0 saturated heterocycles. The third-order valence-electron chi connectivity index (χ3n) is 2.89. The lowest BCUT2D eigenvalue weighted by Crippen LogP contribution is -2.03. The third-order valence-corrected chi connectivity index (χ3v) is 3.42. The van der Waals surface area contributed by atoms with Crippen molar-refractivity contribution in [1.82, 2.24) is 10.1 Å². The first kappa shape index (κ1) is 15.1. The molecule has 5 nitrogen and oxygen atoms in total. The molecule has 0 amide bonds. The number of rotatable bonds is 5. The van der Waals surface area contributed by atoms with Crippen LogP contribution in [0.15, 0.2) is 16.7 Å². The van der Waals surface area contributed by atoms with Crippen molar-refractivity contribution >= 4 is 28.9 Å². The summed E-state index contributed by atoms with van der Waals surface area (Å²) in [6.07, 6.45) is 1.56. The van der Waals surface area contributed by atoms with Crippen molar-refractivity contribution in [2.24, 2.45) is 0 Å². The molecule has 7 heteroatoms. The summed E-state index contributed by atoms with van der Waals surface area (Å²) in [6, 6.07) is 3.20. The summed E-state index contributed by atoms with van der Waals surface area (Å²) in [7, 11) is 1.61. The van der Waals surface area contributed by atoms with Crippen LogP contribution in [0.3, 0.4) is 0 Å². The van der Waals surface area contributed by atoms with E-state index in [1.54, 1.807) is 19.2 Å². The highest BCUT2D eigenvalue weighted by molar-refractivity contribution is 6.37. The number of anilines is 1. The number of hydrogen-bond donors (Lipinski definition) is 1. The Morgan fingerprint density at radius 1 is 1.40 bits per heavy atom. The van der Waals surface area contributed by atoms with E-state index < -0.39 is 0 Å². The highest BCUT2D eigenvalue weighted by atomic mass is 35.5. The van der Waals surface area contributed by atoms with Crippen molar-refractivity contribution in [2.45, 2.75) is 25.9 Å². The van der Waals surface area contributed by atoms with Crippen molar-refractivity contribution in [3.05, 3.63) is 28.0 Å². The van der Waals surface area contributed by atoms with Gasteiger partial charge in [-0.2, -0.15) is 4.98 Å². The number of hydrogen-bond acceptors (Lipinski definition) is 5. The van der Waals surface area contributed by atoms with E-state index >= 15 is 0 Å². The summed E-state index contributed by atoms with van der Waals surface area (Å²) in [4.78, 5) is 4.31. The van der Waals surface area contributed by atoms with Gasteiger partial charge in [0.15, 0.2) is 0 Å². The Morgan fingerprint density at radius 3 is 2.80 bits per heavy atom. The summed E-state index contributed by atoms with van der Waals surface area (Å²) in [5, 5.41) is 4.74. The molecule has 0 aliphatic carbocycles. The first-order chi connectivity index (χ1) is 9.56. The molecule has 0 spiro atoms. The summed E-state index contributed by atoms with van der Waals surface area (Å²) in [5.74, 6) is 0.764. The summed E-state index contributed by atoms with van der Waals surface area (Å²) < 4.78 is 10.6.